The van der Waals surface area contributed by atoms with Gasteiger partial charge >= 0.3 is 0 Å². The number of rotatable bonds is 5. The highest BCUT2D eigenvalue weighted by molar-refractivity contribution is 7.89. The monoisotopic (exact) mass is 545 g/mol. The molecule has 10 heteroatoms. The molecule has 4 aromatic rings. The SMILES string of the molecule is CC(C)(C)NS(=O)(=O)c1ccc(C2(O)C(=O)N(Cc3ccc4nc5c(cc4c3)OCO5)c3ccccc32)cc1. The highest BCUT2D eigenvalue weighted by atomic mass is 32.2. The fraction of sp³-hybridized carbons (Fsp3) is 0.241. The van der Waals surface area contributed by atoms with E-state index in [-0.39, 0.29) is 23.8 Å². The highest BCUT2D eigenvalue weighted by Gasteiger charge is 2.51. The van der Waals surface area contributed by atoms with Gasteiger partial charge in [-0.1, -0.05) is 36.4 Å². The van der Waals surface area contributed by atoms with Gasteiger partial charge in [-0.25, -0.2) is 18.1 Å². The number of benzene rings is 3. The lowest BCUT2D eigenvalue weighted by Crippen LogP contribution is -2.41. The number of fused-ring (bicyclic) bond motifs is 3. The van der Waals surface area contributed by atoms with E-state index in [0.29, 0.717) is 22.9 Å². The van der Waals surface area contributed by atoms with E-state index < -0.39 is 27.1 Å². The molecule has 0 spiro atoms. The molecule has 0 saturated carbocycles. The summed E-state index contributed by atoms with van der Waals surface area (Å²) < 4.78 is 38.9. The molecule has 1 aromatic heterocycles. The molecule has 2 N–H and O–H groups in total. The van der Waals surface area contributed by atoms with E-state index >= 15 is 0 Å². The van der Waals surface area contributed by atoms with Crippen LogP contribution in [0.3, 0.4) is 0 Å². The molecule has 2 aliphatic rings. The molecule has 200 valence electrons. The van der Waals surface area contributed by atoms with Crippen molar-refractivity contribution in [2.75, 3.05) is 11.7 Å². The molecular weight excluding hydrogens is 518 g/mol. The van der Waals surface area contributed by atoms with E-state index in [0.717, 1.165) is 16.5 Å². The minimum Gasteiger partial charge on any atom is -0.452 e. The van der Waals surface area contributed by atoms with Gasteiger partial charge in [0.25, 0.3) is 11.8 Å². The molecule has 6 rings (SSSR count). The minimum atomic E-state index is -3.77. The van der Waals surface area contributed by atoms with Crippen molar-refractivity contribution in [1.82, 2.24) is 9.71 Å². The second-order valence-corrected chi connectivity index (χ2v) is 12.4. The third kappa shape index (κ3) is 4.30. The van der Waals surface area contributed by atoms with Crippen LogP contribution in [0, 0.1) is 0 Å². The zero-order chi connectivity index (χ0) is 27.6. The van der Waals surface area contributed by atoms with Crippen LogP contribution in [0.4, 0.5) is 5.69 Å². The van der Waals surface area contributed by atoms with Crippen molar-refractivity contribution in [3.63, 3.8) is 0 Å². The normalized spacial score (nSPS) is 18.6. The summed E-state index contributed by atoms with van der Waals surface area (Å²) in [6, 6.07) is 20.4. The van der Waals surface area contributed by atoms with Crippen molar-refractivity contribution in [3.05, 3.63) is 89.5 Å². The topological polar surface area (TPSA) is 118 Å². The Labute approximate surface area is 226 Å². The van der Waals surface area contributed by atoms with Crippen molar-refractivity contribution < 1.29 is 27.8 Å². The van der Waals surface area contributed by atoms with Crippen molar-refractivity contribution in [2.24, 2.45) is 0 Å². The Bertz CT molecular complexity index is 1730. The Morgan fingerprint density at radius 3 is 2.51 bits per heavy atom. The highest BCUT2D eigenvalue weighted by Crippen LogP contribution is 2.45. The summed E-state index contributed by atoms with van der Waals surface area (Å²) in [5.41, 5.74) is 0.252. The van der Waals surface area contributed by atoms with E-state index in [1.165, 1.54) is 24.3 Å². The quantitative estimate of drug-likeness (QED) is 0.391. The van der Waals surface area contributed by atoms with Gasteiger partial charge in [0.2, 0.25) is 16.8 Å². The average Bonchev–Trinajstić information content (AvgIpc) is 3.43. The maximum atomic E-state index is 13.9. The van der Waals surface area contributed by atoms with Crippen LogP contribution in [0.1, 0.15) is 37.5 Å². The number of hydrogen-bond donors (Lipinski definition) is 2. The number of amides is 1. The summed E-state index contributed by atoms with van der Waals surface area (Å²) in [4.78, 5) is 19.9. The maximum Gasteiger partial charge on any atom is 0.268 e. The van der Waals surface area contributed by atoms with Crippen LogP contribution in [0.25, 0.3) is 10.9 Å². The van der Waals surface area contributed by atoms with E-state index in [1.54, 1.807) is 43.9 Å². The largest absolute Gasteiger partial charge is 0.452 e. The first kappa shape index (κ1) is 25.3. The van der Waals surface area contributed by atoms with Gasteiger partial charge in [-0.3, -0.25) is 4.79 Å². The first-order valence-electron chi connectivity index (χ1n) is 12.4. The van der Waals surface area contributed by atoms with Crippen molar-refractivity contribution in [1.29, 1.82) is 0 Å². The molecule has 39 heavy (non-hydrogen) atoms. The van der Waals surface area contributed by atoms with E-state index in [1.807, 2.05) is 30.3 Å². The summed E-state index contributed by atoms with van der Waals surface area (Å²) in [6.07, 6.45) is 0. The van der Waals surface area contributed by atoms with Gasteiger partial charge < -0.3 is 19.5 Å². The first-order valence-corrected chi connectivity index (χ1v) is 13.9. The Morgan fingerprint density at radius 1 is 1.03 bits per heavy atom. The number of ether oxygens (including phenoxy) is 2. The Kier molecular flexibility index (Phi) is 5.69. The number of anilines is 1. The van der Waals surface area contributed by atoms with Crippen LogP contribution in [0.5, 0.6) is 11.6 Å². The van der Waals surface area contributed by atoms with Crippen LogP contribution in [-0.2, 0) is 27.0 Å². The van der Waals surface area contributed by atoms with Gasteiger partial charge in [0, 0.05) is 16.5 Å². The zero-order valence-electron chi connectivity index (χ0n) is 21.6. The Morgan fingerprint density at radius 2 is 1.77 bits per heavy atom. The molecular formula is C29H27N3O6S. The molecule has 1 unspecified atom stereocenters. The lowest BCUT2D eigenvalue weighted by molar-refractivity contribution is -0.132. The smallest absolute Gasteiger partial charge is 0.268 e. The summed E-state index contributed by atoms with van der Waals surface area (Å²) in [5.74, 6) is 0.507. The number of nitrogens with one attached hydrogen (secondary N) is 1. The van der Waals surface area contributed by atoms with Crippen LogP contribution >= 0.6 is 0 Å². The number of aliphatic hydroxyl groups is 1. The summed E-state index contributed by atoms with van der Waals surface area (Å²) in [5, 5.41) is 12.7. The molecule has 1 amide bonds. The van der Waals surface area contributed by atoms with Gasteiger partial charge in [-0.2, -0.15) is 0 Å². The molecule has 0 fully saturated rings. The van der Waals surface area contributed by atoms with Gasteiger partial charge in [-0.05, 0) is 68.3 Å². The fourth-order valence-electron chi connectivity index (χ4n) is 5.03. The molecule has 2 aliphatic heterocycles. The predicted octanol–water partition coefficient (Wildman–Crippen LogP) is 3.82. The number of carbonyl (C=O) groups is 1. The number of sulfonamides is 1. The van der Waals surface area contributed by atoms with Crippen molar-refractivity contribution >= 4 is 32.5 Å². The van der Waals surface area contributed by atoms with Gasteiger partial charge in [0.05, 0.1) is 22.6 Å². The van der Waals surface area contributed by atoms with Crippen LogP contribution in [0.2, 0.25) is 0 Å². The Hall–Kier alpha value is -3.99. The van der Waals surface area contributed by atoms with E-state index in [2.05, 4.69) is 9.71 Å². The number of nitrogens with zero attached hydrogens (tertiary/aromatic N) is 2. The number of carbonyl (C=O) groups excluding carboxylic acids is 1. The van der Waals surface area contributed by atoms with E-state index in [4.69, 9.17) is 9.47 Å². The van der Waals surface area contributed by atoms with Gasteiger partial charge in [0.1, 0.15) is 0 Å². The summed E-state index contributed by atoms with van der Waals surface area (Å²) >= 11 is 0. The van der Waals surface area contributed by atoms with Crippen LogP contribution < -0.4 is 19.1 Å². The van der Waals surface area contributed by atoms with Crippen LogP contribution in [0.15, 0.2) is 77.7 Å². The maximum absolute atomic E-state index is 13.9. The second-order valence-electron chi connectivity index (χ2n) is 10.7. The standard InChI is InChI=1S/C29H27N3O6S/c1-28(2,3)31-39(35,36)21-11-9-20(10-12-21)29(34)22-6-4-5-7-24(22)32(27(29)33)16-18-8-13-23-19(14-18)15-25-26(30-23)38-17-37-25/h4-15,31,34H,16-17H2,1-3H3. The van der Waals surface area contributed by atoms with E-state index in [9.17, 15) is 18.3 Å². The number of pyridine rings is 1. The van der Waals surface area contributed by atoms with Crippen LogP contribution in [-0.4, -0.2) is 36.7 Å². The molecule has 0 radical (unpaired) electrons. The molecule has 0 aliphatic carbocycles. The van der Waals surface area contributed by atoms with Gasteiger partial charge in [-0.15, -0.1) is 0 Å². The third-order valence-corrected chi connectivity index (χ3v) is 8.50. The van der Waals surface area contributed by atoms with Gasteiger partial charge in [0.15, 0.2) is 11.4 Å². The number of para-hydroxylation sites is 1. The van der Waals surface area contributed by atoms with Crippen molar-refractivity contribution in [2.45, 2.75) is 43.4 Å². The summed E-state index contributed by atoms with van der Waals surface area (Å²) in [7, 11) is -3.77. The number of hydrogen-bond acceptors (Lipinski definition) is 7. The second kappa shape index (κ2) is 8.77. The molecule has 1 atom stereocenters. The Balaban J connectivity index is 1.34. The predicted molar refractivity (Wildman–Crippen MR) is 145 cm³/mol. The van der Waals surface area contributed by atoms with Crippen molar-refractivity contribution in [3.8, 4) is 11.6 Å². The third-order valence-electron chi connectivity index (χ3n) is 6.72. The minimum absolute atomic E-state index is 0.0472. The first-order chi connectivity index (χ1) is 18.5. The lowest BCUT2D eigenvalue weighted by Gasteiger charge is -2.24. The lowest BCUT2D eigenvalue weighted by atomic mass is 9.87. The summed E-state index contributed by atoms with van der Waals surface area (Å²) in [6.45, 7) is 5.61. The number of aromatic nitrogens is 1. The molecule has 9 nitrogen and oxygen atoms in total. The molecule has 0 saturated heterocycles. The average molecular weight is 546 g/mol. The molecule has 3 heterocycles. The zero-order valence-corrected chi connectivity index (χ0v) is 22.5. The fourth-order valence-corrected chi connectivity index (χ4v) is 6.45. The molecule has 3 aromatic carbocycles. The molecule has 0 bridgehead atoms.